The van der Waals surface area contributed by atoms with Crippen molar-refractivity contribution in [3.63, 3.8) is 0 Å². The lowest BCUT2D eigenvalue weighted by Crippen LogP contribution is -2.22. The van der Waals surface area contributed by atoms with Crippen LogP contribution < -0.4 is 0 Å². The molecule has 3 heteroatoms. The van der Waals surface area contributed by atoms with Crippen molar-refractivity contribution in [2.75, 3.05) is 12.4 Å². The van der Waals surface area contributed by atoms with Gasteiger partial charge < -0.3 is 4.74 Å². The summed E-state index contributed by atoms with van der Waals surface area (Å²) in [6.07, 6.45) is 12.7. The van der Waals surface area contributed by atoms with Gasteiger partial charge in [-0.15, -0.1) is 0 Å². The molecule has 0 N–H and O–H groups in total. The Kier molecular flexibility index (Phi) is 9.45. The first-order chi connectivity index (χ1) is 8.83. The molecule has 1 aliphatic heterocycles. The number of unbranched alkanes of at least 4 members (excludes halogenated alkanes) is 7. The van der Waals surface area contributed by atoms with E-state index in [4.69, 9.17) is 4.74 Å². The Balaban J connectivity index is 1.82. The molecular weight excluding hydrogens is 244 g/mol. The third kappa shape index (κ3) is 8.02. The summed E-state index contributed by atoms with van der Waals surface area (Å²) in [6.45, 7) is 2.90. The largest absolute Gasteiger partial charge is 0.466 e. The molecule has 1 fully saturated rings. The molecule has 18 heavy (non-hydrogen) atoms. The average Bonchev–Trinajstić information content (AvgIpc) is 2.37. The topological polar surface area (TPSA) is 26.3 Å². The Morgan fingerprint density at radius 2 is 1.78 bits per heavy atom. The van der Waals surface area contributed by atoms with E-state index in [9.17, 15) is 4.79 Å². The lowest BCUT2D eigenvalue weighted by atomic mass is 10.1. The maximum atomic E-state index is 11.1. The van der Waals surface area contributed by atoms with Gasteiger partial charge in [0, 0.05) is 5.25 Å². The van der Waals surface area contributed by atoms with Crippen LogP contribution in [0.15, 0.2) is 0 Å². The van der Waals surface area contributed by atoms with E-state index in [0.717, 1.165) is 6.42 Å². The maximum Gasteiger partial charge on any atom is 0.306 e. The Morgan fingerprint density at radius 1 is 1.11 bits per heavy atom. The van der Waals surface area contributed by atoms with Crippen LogP contribution in [0.25, 0.3) is 0 Å². The normalized spacial score (nSPS) is 19.8. The first kappa shape index (κ1) is 15.9. The predicted molar refractivity (Wildman–Crippen MR) is 79.0 cm³/mol. The lowest BCUT2D eigenvalue weighted by molar-refractivity contribution is -0.146. The summed E-state index contributed by atoms with van der Waals surface area (Å²) in [5.41, 5.74) is 0. The minimum Gasteiger partial charge on any atom is -0.466 e. The number of ether oxygens (including phenoxy) is 1. The van der Waals surface area contributed by atoms with Gasteiger partial charge in [-0.25, -0.2) is 0 Å². The fourth-order valence-corrected chi connectivity index (χ4v) is 3.50. The van der Waals surface area contributed by atoms with Crippen LogP contribution in [-0.4, -0.2) is 23.6 Å². The molecule has 1 atom stereocenters. The van der Waals surface area contributed by atoms with Crippen molar-refractivity contribution >= 4 is 17.7 Å². The molecule has 0 saturated carbocycles. The zero-order valence-electron chi connectivity index (χ0n) is 11.8. The molecule has 0 radical (unpaired) electrons. The number of rotatable bonds is 10. The van der Waals surface area contributed by atoms with Crippen LogP contribution in [0.4, 0.5) is 0 Å². The van der Waals surface area contributed by atoms with E-state index in [1.807, 2.05) is 11.8 Å². The van der Waals surface area contributed by atoms with Gasteiger partial charge in [0.05, 0.1) is 13.0 Å². The van der Waals surface area contributed by atoms with Crippen molar-refractivity contribution in [3.8, 4) is 0 Å². The SMILES string of the molecule is CCCCCCCCCCSC1CCOC(=O)C1. The number of carbonyl (C=O) groups is 1. The maximum absolute atomic E-state index is 11.1. The molecule has 0 aromatic heterocycles. The van der Waals surface area contributed by atoms with E-state index in [0.29, 0.717) is 18.3 Å². The third-order valence-corrected chi connectivity index (χ3v) is 4.85. The highest BCUT2D eigenvalue weighted by Crippen LogP contribution is 2.24. The highest BCUT2D eigenvalue weighted by Gasteiger charge is 2.20. The summed E-state index contributed by atoms with van der Waals surface area (Å²) in [4.78, 5) is 11.1. The van der Waals surface area contributed by atoms with Crippen LogP contribution in [0.5, 0.6) is 0 Å². The van der Waals surface area contributed by atoms with Crippen molar-refractivity contribution in [2.24, 2.45) is 0 Å². The molecule has 0 amide bonds. The molecule has 0 aliphatic carbocycles. The summed E-state index contributed by atoms with van der Waals surface area (Å²) >= 11 is 1.97. The van der Waals surface area contributed by atoms with Gasteiger partial charge in [-0.3, -0.25) is 4.79 Å². The Hall–Kier alpha value is -0.180. The standard InChI is InChI=1S/C15H28O2S/c1-2-3-4-5-6-7-8-9-12-18-14-10-11-17-15(16)13-14/h14H,2-13H2,1H3. The second-order valence-electron chi connectivity index (χ2n) is 5.18. The zero-order valence-corrected chi connectivity index (χ0v) is 12.6. The Morgan fingerprint density at radius 3 is 2.44 bits per heavy atom. The van der Waals surface area contributed by atoms with Crippen LogP contribution in [0.2, 0.25) is 0 Å². The highest BCUT2D eigenvalue weighted by atomic mass is 32.2. The minimum atomic E-state index is -0.00493. The van der Waals surface area contributed by atoms with E-state index < -0.39 is 0 Å². The van der Waals surface area contributed by atoms with Crippen molar-refractivity contribution in [1.29, 1.82) is 0 Å². The number of carbonyl (C=O) groups excluding carboxylic acids is 1. The molecule has 1 saturated heterocycles. The van der Waals surface area contributed by atoms with E-state index in [-0.39, 0.29) is 5.97 Å². The van der Waals surface area contributed by atoms with Crippen LogP contribution in [-0.2, 0) is 9.53 Å². The van der Waals surface area contributed by atoms with Gasteiger partial charge in [0.2, 0.25) is 0 Å². The Bertz CT molecular complexity index is 219. The first-order valence-electron chi connectivity index (χ1n) is 7.60. The monoisotopic (exact) mass is 272 g/mol. The van der Waals surface area contributed by atoms with Gasteiger partial charge in [0.1, 0.15) is 0 Å². The second kappa shape index (κ2) is 10.7. The van der Waals surface area contributed by atoms with Crippen molar-refractivity contribution in [2.45, 2.75) is 76.4 Å². The van der Waals surface area contributed by atoms with Crippen molar-refractivity contribution < 1.29 is 9.53 Å². The number of cyclic esters (lactones) is 1. The van der Waals surface area contributed by atoms with Gasteiger partial charge >= 0.3 is 5.97 Å². The third-order valence-electron chi connectivity index (χ3n) is 3.45. The molecule has 2 nitrogen and oxygen atoms in total. The van der Waals surface area contributed by atoms with E-state index in [1.165, 1.54) is 57.1 Å². The summed E-state index contributed by atoms with van der Waals surface area (Å²) in [6, 6.07) is 0. The van der Waals surface area contributed by atoms with Gasteiger partial charge in [-0.2, -0.15) is 11.8 Å². The van der Waals surface area contributed by atoms with E-state index in [2.05, 4.69) is 6.92 Å². The van der Waals surface area contributed by atoms with E-state index in [1.54, 1.807) is 0 Å². The first-order valence-corrected chi connectivity index (χ1v) is 8.65. The van der Waals surface area contributed by atoms with Crippen LogP contribution in [0.1, 0.15) is 71.1 Å². The van der Waals surface area contributed by atoms with Crippen LogP contribution in [0, 0.1) is 0 Å². The molecule has 0 bridgehead atoms. The van der Waals surface area contributed by atoms with E-state index >= 15 is 0 Å². The van der Waals surface area contributed by atoms with Gasteiger partial charge in [0.25, 0.3) is 0 Å². The molecule has 0 aromatic carbocycles. The number of esters is 1. The Labute approximate surface area is 116 Å². The summed E-state index contributed by atoms with van der Waals surface area (Å²) in [5, 5.41) is 0.524. The fourth-order valence-electron chi connectivity index (χ4n) is 2.28. The van der Waals surface area contributed by atoms with Crippen molar-refractivity contribution in [3.05, 3.63) is 0 Å². The van der Waals surface area contributed by atoms with Gasteiger partial charge in [0.15, 0.2) is 0 Å². The fraction of sp³-hybridized carbons (Fsp3) is 0.933. The van der Waals surface area contributed by atoms with Crippen LogP contribution >= 0.6 is 11.8 Å². The zero-order chi connectivity index (χ0) is 13.1. The predicted octanol–water partition coefficient (Wildman–Crippen LogP) is 4.57. The van der Waals surface area contributed by atoms with Crippen molar-refractivity contribution in [1.82, 2.24) is 0 Å². The lowest BCUT2D eigenvalue weighted by Gasteiger charge is -2.20. The quantitative estimate of drug-likeness (QED) is 0.430. The smallest absolute Gasteiger partial charge is 0.306 e. The molecular formula is C15H28O2S. The molecule has 1 unspecified atom stereocenters. The molecule has 1 heterocycles. The number of thioether (sulfide) groups is 1. The van der Waals surface area contributed by atoms with Gasteiger partial charge in [-0.05, 0) is 18.6 Å². The molecule has 1 aliphatic rings. The summed E-state index contributed by atoms with van der Waals surface area (Å²) in [5.74, 6) is 1.21. The van der Waals surface area contributed by atoms with Gasteiger partial charge in [-0.1, -0.05) is 51.9 Å². The molecule has 0 aromatic rings. The minimum absolute atomic E-state index is 0.00493. The molecule has 0 spiro atoms. The summed E-state index contributed by atoms with van der Waals surface area (Å²) < 4.78 is 4.95. The molecule has 1 rings (SSSR count). The number of hydrogen-bond donors (Lipinski definition) is 0. The van der Waals surface area contributed by atoms with Crippen LogP contribution in [0.3, 0.4) is 0 Å². The average molecular weight is 272 g/mol. The highest BCUT2D eigenvalue weighted by molar-refractivity contribution is 7.99. The summed E-state index contributed by atoms with van der Waals surface area (Å²) in [7, 11) is 0. The number of hydrogen-bond acceptors (Lipinski definition) is 3. The second-order valence-corrected chi connectivity index (χ2v) is 6.59. The molecule has 106 valence electrons.